The van der Waals surface area contributed by atoms with Crippen LogP contribution in [0.1, 0.15) is 45.6 Å². The second kappa shape index (κ2) is 8.00. The number of esters is 1. The Morgan fingerprint density at radius 3 is 2.59 bits per heavy atom. The van der Waals surface area contributed by atoms with E-state index in [0.717, 1.165) is 19.3 Å². The molecule has 1 aliphatic heterocycles. The third-order valence-electron chi connectivity index (χ3n) is 4.94. The van der Waals surface area contributed by atoms with Crippen molar-refractivity contribution in [3.05, 3.63) is 40.6 Å². The monoisotopic (exact) mass is 393 g/mol. The first-order valence-electron chi connectivity index (χ1n) is 9.14. The topological polar surface area (TPSA) is 65.1 Å². The first kappa shape index (κ1) is 19.9. The summed E-state index contributed by atoms with van der Waals surface area (Å²) in [4.78, 5) is 31.2. The standard InChI is InChI=1S/C20H24ClNO5/c1-4-25-12-26-22-18(23)16(14-10-5-6-11-15(14)21)17(20(22,2)3)27-19(24)13-8-7-9-13/h5-6,10-11,13H,4,7-9,12H2,1-3H3. The first-order valence-corrected chi connectivity index (χ1v) is 9.52. The van der Waals surface area contributed by atoms with Gasteiger partial charge >= 0.3 is 5.97 Å². The highest BCUT2D eigenvalue weighted by Crippen LogP contribution is 2.43. The van der Waals surface area contributed by atoms with Crippen LogP contribution in [0.5, 0.6) is 0 Å². The summed E-state index contributed by atoms with van der Waals surface area (Å²) < 4.78 is 11.0. The number of carbonyl (C=O) groups excluding carboxylic acids is 2. The van der Waals surface area contributed by atoms with Crippen LogP contribution in [0.15, 0.2) is 30.0 Å². The molecule has 1 saturated carbocycles. The average molecular weight is 394 g/mol. The molecular formula is C20H24ClNO5. The molecule has 1 aromatic rings. The highest BCUT2D eigenvalue weighted by Gasteiger charge is 2.50. The van der Waals surface area contributed by atoms with Gasteiger partial charge in [-0.2, -0.15) is 0 Å². The average Bonchev–Trinajstić information content (AvgIpc) is 2.74. The molecule has 2 aliphatic rings. The number of hydroxylamine groups is 2. The predicted molar refractivity (Wildman–Crippen MR) is 100 cm³/mol. The summed E-state index contributed by atoms with van der Waals surface area (Å²) in [6.45, 7) is 5.75. The maximum atomic E-state index is 13.2. The molecule has 27 heavy (non-hydrogen) atoms. The van der Waals surface area contributed by atoms with E-state index in [2.05, 4.69) is 0 Å². The minimum atomic E-state index is -0.984. The van der Waals surface area contributed by atoms with Gasteiger partial charge in [0.15, 0.2) is 6.79 Å². The Morgan fingerprint density at radius 1 is 1.30 bits per heavy atom. The number of amides is 1. The van der Waals surface area contributed by atoms with Crippen molar-refractivity contribution in [1.82, 2.24) is 5.06 Å². The Balaban J connectivity index is 2.00. The van der Waals surface area contributed by atoms with Gasteiger partial charge in [-0.25, -0.2) is 9.90 Å². The van der Waals surface area contributed by atoms with Gasteiger partial charge in [-0.1, -0.05) is 36.2 Å². The van der Waals surface area contributed by atoms with E-state index in [1.165, 1.54) is 5.06 Å². The van der Waals surface area contributed by atoms with E-state index in [0.29, 0.717) is 17.2 Å². The Kier molecular flexibility index (Phi) is 5.89. The van der Waals surface area contributed by atoms with Crippen molar-refractivity contribution in [3.63, 3.8) is 0 Å². The van der Waals surface area contributed by atoms with Gasteiger partial charge in [0.1, 0.15) is 11.3 Å². The number of hydrogen-bond acceptors (Lipinski definition) is 5. The number of halogens is 1. The van der Waals surface area contributed by atoms with Crippen molar-refractivity contribution in [3.8, 4) is 0 Å². The van der Waals surface area contributed by atoms with Crippen molar-refractivity contribution in [1.29, 1.82) is 0 Å². The van der Waals surface area contributed by atoms with E-state index in [9.17, 15) is 9.59 Å². The quantitative estimate of drug-likeness (QED) is 0.399. The maximum Gasteiger partial charge on any atom is 0.314 e. The molecule has 1 heterocycles. The molecule has 0 atom stereocenters. The Bertz CT molecular complexity index is 769. The number of nitrogens with zero attached hydrogens (tertiary/aromatic N) is 1. The fourth-order valence-electron chi connectivity index (χ4n) is 3.15. The van der Waals surface area contributed by atoms with Crippen molar-refractivity contribution < 1.29 is 23.9 Å². The fourth-order valence-corrected chi connectivity index (χ4v) is 3.38. The predicted octanol–water partition coefficient (Wildman–Crippen LogP) is 3.94. The minimum absolute atomic E-state index is 0.0781. The third kappa shape index (κ3) is 3.74. The van der Waals surface area contributed by atoms with Crippen molar-refractivity contribution in [2.75, 3.05) is 13.4 Å². The Morgan fingerprint density at radius 2 is 2.00 bits per heavy atom. The highest BCUT2D eigenvalue weighted by atomic mass is 35.5. The molecule has 0 aromatic heterocycles. The molecule has 0 bridgehead atoms. The zero-order chi connectivity index (χ0) is 19.6. The lowest BCUT2D eigenvalue weighted by molar-refractivity contribution is -0.243. The Labute approximate surface area is 164 Å². The van der Waals surface area contributed by atoms with Gasteiger partial charge in [-0.15, -0.1) is 0 Å². The van der Waals surface area contributed by atoms with E-state index in [1.54, 1.807) is 38.1 Å². The van der Waals surface area contributed by atoms with Gasteiger partial charge < -0.3 is 9.47 Å². The molecule has 0 unspecified atom stereocenters. The number of ether oxygens (including phenoxy) is 2. The van der Waals surface area contributed by atoms with E-state index in [4.69, 9.17) is 25.9 Å². The lowest BCUT2D eigenvalue weighted by Crippen LogP contribution is -2.45. The van der Waals surface area contributed by atoms with Crippen LogP contribution in [-0.4, -0.2) is 35.9 Å². The normalized spacial score (nSPS) is 19.4. The van der Waals surface area contributed by atoms with Crippen LogP contribution < -0.4 is 0 Å². The largest absolute Gasteiger partial charge is 0.427 e. The van der Waals surface area contributed by atoms with Crippen LogP contribution in [0.25, 0.3) is 5.57 Å². The summed E-state index contributed by atoms with van der Waals surface area (Å²) in [7, 11) is 0. The molecule has 1 aliphatic carbocycles. The number of rotatable bonds is 7. The van der Waals surface area contributed by atoms with Gasteiger partial charge in [-0.05, 0) is 39.7 Å². The van der Waals surface area contributed by atoms with E-state index < -0.39 is 11.4 Å². The molecule has 0 spiro atoms. The lowest BCUT2D eigenvalue weighted by atomic mass is 9.85. The third-order valence-corrected chi connectivity index (χ3v) is 5.27. The zero-order valence-electron chi connectivity index (χ0n) is 15.8. The summed E-state index contributed by atoms with van der Waals surface area (Å²) in [5.41, 5.74) is -0.229. The van der Waals surface area contributed by atoms with Crippen LogP contribution in [0.3, 0.4) is 0 Å². The summed E-state index contributed by atoms with van der Waals surface area (Å²) in [6.07, 6.45) is 2.64. The van der Waals surface area contributed by atoms with Gasteiger partial charge in [-0.3, -0.25) is 9.59 Å². The molecule has 0 N–H and O–H groups in total. The molecule has 3 rings (SSSR count). The van der Waals surface area contributed by atoms with E-state index >= 15 is 0 Å². The molecule has 146 valence electrons. The smallest absolute Gasteiger partial charge is 0.314 e. The summed E-state index contributed by atoms with van der Waals surface area (Å²) in [5.74, 6) is -0.583. The van der Waals surface area contributed by atoms with Crippen molar-refractivity contribution >= 4 is 29.1 Å². The lowest BCUT2D eigenvalue weighted by Gasteiger charge is -2.32. The van der Waals surface area contributed by atoms with Crippen molar-refractivity contribution in [2.24, 2.45) is 5.92 Å². The van der Waals surface area contributed by atoms with Crippen LogP contribution >= 0.6 is 11.6 Å². The van der Waals surface area contributed by atoms with Crippen LogP contribution in [0, 0.1) is 5.92 Å². The second-order valence-electron chi connectivity index (χ2n) is 7.13. The number of benzene rings is 1. The Hall–Kier alpha value is -1.89. The number of carbonyl (C=O) groups is 2. The van der Waals surface area contributed by atoms with Crippen LogP contribution in [0.4, 0.5) is 0 Å². The molecule has 1 aromatic carbocycles. The summed E-state index contributed by atoms with van der Waals surface area (Å²) >= 11 is 6.33. The molecular weight excluding hydrogens is 370 g/mol. The number of hydrogen-bond donors (Lipinski definition) is 0. The van der Waals surface area contributed by atoms with Gasteiger partial charge in [0.25, 0.3) is 5.91 Å². The molecule has 0 radical (unpaired) electrons. The van der Waals surface area contributed by atoms with E-state index in [1.807, 2.05) is 6.92 Å². The molecule has 1 fully saturated rings. The second-order valence-corrected chi connectivity index (χ2v) is 7.54. The highest BCUT2D eigenvalue weighted by molar-refractivity contribution is 6.35. The van der Waals surface area contributed by atoms with Crippen LogP contribution in [-0.2, 0) is 23.9 Å². The summed E-state index contributed by atoms with van der Waals surface area (Å²) in [6, 6.07) is 6.98. The van der Waals surface area contributed by atoms with Gasteiger partial charge in [0.05, 0.1) is 11.5 Å². The van der Waals surface area contributed by atoms with Crippen molar-refractivity contribution in [2.45, 2.75) is 45.6 Å². The van der Waals surface area contributed by atoms with Gasteiger partial charge in [0.2, 0.25) is 0 Å². The molecule has 1 amide bonds. The fraction of sp³-hybridized carbons (Fsp3) is 0.500. The SMILES string of the molecule is CCOCON1C(=O)C(c2ccccc2Cl)=C(OC(=O)C2CCC2)C1(C)C. The van der Waals surface area contributed by atoms with E-state index in [-0.39, 0.29) is 30.0 Å². The molecule has 0 saturated heterocycles. The zero-order valence-corrected chi connectivity index (χ0v) is 16.5. The maximum absolute atomic E-state index is 13.2. The summed E-state index contributed by atoms with van der Waals surface area (Å²) in [5, 5.41) is 1.60. The minimum Gasteiger partial charge on any atom is -0.427 e. The first-order chi connectivity index (χ1) is 12.9. The van der Waals surface area contributed by atoms with Crippen LogP contribution in [0.2, 0.25) is 5.02 Å². The van der Waals surface area contributed by atoms with Gasteiger partial charge in [0, 0.05) is 17.2 Å². The molecule has 7 heteroatoms. The molecule has 6 nitrogen and oxygen atoms in total.